The molecular weight excluding hydrogens is 235 g/mol. The van der Waals surface area contributed by atoms with Gasteiger partial charge in [0.05, 0.1) is 0 Å². The van der Waals surface area contributed by atoms with Crippen molar-refractivity contribution in [1.29, 1.82) is 0 Å². The van der Waals surface area contributed by atoms with Gasteiger partial charge in [-0.1, -0.05) is 22.0 Å². The first-order valence-corrected chi connectivity index (χ1v) is 5.47. The molecule has 64 valence electrons. The van der Waals surface area contributed by atoms with Crippen molar-refractivity contribution in [1.82, 2.24) is 0 Å². The number of rotatable bonds is 2. The van der Waals surface area contributed by atoms with Gasteiger partial charge in [0.1, 0.15) is 0 Å². The van der Waals surface area contributed by atoms with Gasteiger partial charge < -0.3 is 0 Å². The van der Waals surface area contributed by atoms with Gasteiger partial charge in [-0.15, -0.1) is 11.6 Å². The third-order valence-corrected chi connectivity index (χ3v) is 2.95. The van der Waals surface area contributed by atoms with Crippen molar-refractivity contribution in [3.63, 3.8) is 0 Å². The highest BCUT2D eigenvalue weighted by molar-refractivity contribution is 9.10. The van der Waals surface area contributed by atoms with E-state index in [2.05, 4.69) is 34.1 Å². The SMILES string of the molecule is ClCc1cc(Br)cc(C2CC2)c1. The zero-order valence-corrected chi connectivity index (χ0v) is 9.03. The molecule has 2 heteroatoms. The normalized spacial score (nSPS) is 16.5. The van der Waals surface area contributed by atoms with E-state index in [1.807, 2.05) is 0 Å². The first-order valence-electron chi connectivity index (χ1n) is 4.15. The molecule has 0 N–H and O–H groups in total. The van der Waals surface area contributed by atoms with Gasteiger partial charge in [-0.25, -0.2) is 0 Å². The lowest BCUT2D eigenvalue weighted by molar-refractivity contribution is 1.11. The highest BCUT2D eigenvalue weighted by Gasteiger charge is 2.23. The van der Waals surface area contributed by atoms with Crippen molar-refractivity contribution in [3.8, 4) is 0 Å². The number of hydrogen-bond donors (Lipinski definition) is 0. The summed E-state index contributed by atoms with van der Waals surface area (Å²) in [5.74, 6) is 1.42. The van der Waals surface area contributed by atoms with Gasteiger partial charge in [-0.2, -0.15) is 0 Å². The molecule has 0 nitrogen and oxygen atoms in total. The Hall–Kier alpha value is -0.0100. The largest absolute Gasteiger partial charge is 0.122 e. The molecule has 2 rings (SSSR count). The molecule has 1 aromatic carbocycles. The van der Waals surface area contributed by atoms with Crippen LogP contribution in [-0.2, 0) is 5.88 Å². The minimum absolute atomic E-state index is 0.610. The van der Waals surface area contributed by atoms with E-state index in [0.717, 1.165) is 10.4 Å². The fraction of sp³-hybridized carbons (Fsp3) is 0.400. The topological polar surface area (TPSA) is 0 Å². The van der Waals surface area contributed by atoms with Crippen molar-refractivity contribution >= 4 is 27.5 Å². The molecule has 0 heterocycles. The van der Waals surface area contributed by atoms with Crippen molar-refractivity contribution < 1.29 is 0 Å². The van der Waals surface area contributed by atoms with Crippen LogP contribution in [-0.4, -0.2) is 0 Å². The van der Waals surface area contributed by atoms with E-state index in [1.165, 1.54) is 24.0 Å². The molecule has 0 amide bonds. The Balaban J connectivity index is 2.34. The molecule has 0 atom stereocenters. The average molecular weight is 246 g/mol. The molecule has 0 aromatic heterocycles. The summed E-state index contributed by atoms with van der Waals surface area (Å²) in [5, 5.41) is 0. The maximum Gasteiger partial charge on any atom is 0.0474 e. The third-order valence-electron chi connectivity index (χ3n) is 2.18. The quantitative estimate of drug-likeness (QED) is 0.689. The highest BCUT2D eigenvalue weighted by atomic mass is 79.9. The van der Waals surface area contributed by atoms with E-state index in [4.69, 9.17) is 11.6 Å². The van der Waals surface area contributed by atoms with Crippen molar-refractivity contribution in [2.24, 2.45) is 0 Å². The van der Waals surface area contributed by atoms with Gasteiger partial charge in [-0.3, -0.25) is 0 Å². The minimum Gasteiger partial charge on any atom is -0.122 e. The van der Waals surface area contributed by atoms with E-state index in [9.17, 15) is 0 Å². The lowest BCUT2D eigenvalue weighted by atomic mass is 10.1. The molecular formula is C10H10BrCl. The number of alkyl halides is 1. The van der Waals surface area contributed by atoms with Crippen LogP contribution in [0.4, 0.5) is 0 Å². The lowest BCUT2D eigenvalue weighted by Crippen LogP contribution is -1.84. The van der Waals surface area contributed by atoms with Gasteiger partial charge in [0.25, 0.3) is 0 Å². The predicted molar refractivity (Wildman–Crippen MR) is 55.7 cm³/mol. The van der Waals surface area contributed by atoms with Gasteiger partial charge in [0, 0.05) is 10.4 Å². The molecule has 0 aliphatic heterocycles. The second-order valence-corrected chi connectivity index (χ2v) is 4.48. The van der Waals surface area contributed by atoms with E-state index in [-0.39, 0.29) is 0 Å². The summed E-state index contributed by atoms with van der Waals surface area (Å²) in [4.78, 5) is 0. The number of hydrogen-bond acceptors (Lipinski definition) is 0. The first-order chi connectivity index (χ1) is 5.79. The van der Waals surface area contributed by atoms with E-state index < -0.39 is 0 Å². The second-order valence-electron chi connectivity index (χ2n) is 3.30. The van der Waals surface area contributed by atoms with Crippen LogP contribution >= 0.6 is 27.5 Å². The Morgan fingerprint density at radius 3 is 2.67 bits per heavy atom. The van der Waals surface area contributed by atoms with Crippen LogP contribution in [0.15, 0.2) is 22.7 Å². The fourth-order valence-electron chi connectivity index (χ4n) is 1.40. The van der Waals surface area contributed by atoms with Gasteiger partial charge in [0.2, 0.25) is 0 Å². The van der Waals surface area contributed by atoms with Crippen LogP contribution in [0.2, 0.25) is 0 Å². The Morgan fingerprint density at radius 1 is 1.33 bits per heavy atom. The Morgan fingerprint density at radius 2 is 2.08 bits per heavy atom. The molecule has 0 radical (unpaired) electrons. The Kier molecular flexibility index (Phi) is 2.42. The van der Waals surface area contributed by atoms with E-state index >= 15 is 0 Å². The molecule has 1 aliphatic rings. The maximum atomic E-state index is 5.78. The summed E-state index contributed by atoms with van der Waals surface area (Å²) in [5.41, 5.74) is 2.66. The van der Waals surface area contributed by atoms with Crippen LogP contribution in [0.1, 0.15) is 29.9 Å². The van der Waals surface area contributed by atoms with Crippen LogP contribution in [0.3, 0.4) is 0 Å². The van der Waals surface area contributed by atoms with E-state index in [1.54, 1.807) is 0 Å². The van der Waals surface area contributed by atoms with Gasteiger partial charge in [0.15, 0.2) is 0 Å². The zero-order valence-electron chi connectivity index (χ0n) is 6.69. The molecule has 12 heavy (non-hydrogen) atoms. The Bertz CT molecular complexity index is 292. The molecule has 1 aliphatic carbocycles. The summed E-state index contributed by atoms with van der Waals surface area (Å²) in [6, 6.07) is 6.50. The van der Waals surface area contributed by atoms with Crippen molar-refractivity contribution in [2.45, 2.75) is 24.6 Å². The molecule has 0 saturated heterocycles. The monoisotopic (exact) mass is 244 g/mol. The van der Waals surface area contributed by atoms with Crippen LogP contribution < -0.4 is 0 Å². The number of benzene rings is 1. The summed E-state index contributed by atoms with van der Waals surface area (Å²) in [6.45, 7) is 0. The zero-order chi connectivity index (χ0) is 8.55. The van der Waals surface area contributed by atoms with Crippen molar-refractivity contribution in [3.05, 3.63) is 33.8 Å². The predicted octanol–water partition coefficient (Wildman–Crippen LogP) is 4.07. The molecule has 1 saturated carbocycles. The third kappa shape index (κ3) is 1.83. The summed E-state index contributed by atoms with van der Waals surface area (Å²) in [7, 11) is 0. The summed E-state index contributed by atoms with van der Waals surface area (Å²) in [6.07, 6.45) is 2.69. The minimum atomic E-state index is 0.610. The summed E-state index contributed by atoms with van der Waals surface area (Å²) < 4.78 is 1.16. The van der Waals surface area contributed by atoms with Gasteiger partial charge in [-0.05, 0) is 42.0 Å². The molecule has 0 bridgehead atoms. The molecule has 0 unspecified atom stereocenters. The van der Waals surface area contributed by atoms with Crippen molar-refractivity contribution in [2.75, 3.05) is 0 Å². The average Bonchev–Trinajstić information content (AvgIpc) is 2.85. The number of halogens is 2. The van der Waals surface area contributed by atoms with Crippen LogP contribution in [0, 0.1) is 0 Å². The fourth-order valence-corrected chi connectivity index (χ4v) is 2.12. The molecule has 1 fully saturated rings. The maximum absolute atomic E-state index is 5.78. The van der Waals surface area contributed by atoms with Crippen LogP contribution in [0.25, 0.3) is 0 Å². The summed E-state index contributed by atoms with van der Waals surface area (Å²) >= 11 is 9.27. The van der Waals surface area contributed by atoms with E-state index in [0.29, 0.717) is 5.88 Å². The second kappa shape index (κ2) is 3.39. The Labute approximate surface area is 86.1 Å². The van der Waals surface area contributed by atoms with Crippen LogP contribution in [0.5, 0.6) is 0 Å². The molecule has 1 aromatic rings. The molecule has 0 spiro atoms. The standard InChI is InChI=1S/C10H10BrCl/c11-10-4-7(6-12)3-9(5-10)8-1-2-8/h3-5,8H,1-2,6H2. The lowest BCUT2D eigenvalue weighted by Gasteiger charge is -2.02. The van der Waals surface area contributed by atoms with Gasteiger partial charge >= 0.3 is 0 Å². The highest BCUT2D eigenvalue weighted by Crippen LogP contribution is 2.41. The smallest absolute Gasteiger partial charge is 0.0474 e. The first kappa shape index (κ1) is 8.58.